The molecule has 0 bridgehead atoms. The van der Waals surface area contributed by atoms with Crippen LogP contribution in [0.4, 0.5) is 0 Å². The van der Waals surface area contributed by atoms with Crippen LogP contribution in [0.5, 0.6) is 0 Å². The third-order valence-electron chi connectivity index (χ3n) is 2.00. The fraction of sp³-hybridized carbons (Fsp3) is 0.462. The maximum atomic E-state index is 4.25. The van der Waals surface area contributed by atoms with Gasteiger partial charge in [-0.05, 0) is 16.4 Å². The van der Waals surface area contributed by atoms with Crippen molar-refractivity contribution in [2.24, 2.45) is 0 Å². The topological polar surface area (TPSA) is 41.6 Å². The molecule has 0 fully saturated rings. The van der Waals surface area contributed by atoms with Crippen molar-refractivity contribution in [2.45, 2.75) is 40.0 Å². The van der Waals surface area contributed by atoms with Crippen LogP contribution >= 0.6 is 0 Å². The van der Waals surface area contributed by atoms with Crippen molar-refractivity contribution in [1.29, 1.82) is 0 Å². The molecule has 2 aromatic rings. The summed E-state index contributed by atoms with van der Waals surface area (Å²) < 4.78 is 0. The van der Waals surface area contributed by atoms with Crippen LogP contribution in [0.15, 0.2) is 12.4 Å². The molecule has 0 aliphatic carbocycles. The molecule has 0 aromatic carbocycles. The van der Waals surface area contributed by atoms with Crippen molar-refractivity contribution in [3.8, 4) is 0 Å². The Morgan fingerprint density at radius 1 is 1.29 bits per heavy atom. The predicted octanol–water partition coefficient (Wildman–Crippen LogP) is 3.28. The standard InChI is InChI=1S/C10H12N3.C3H7.W/c1-10(2,3)9-4-7-8(5-11-9)13-6-12-7;1-3-2;/h4,6H,1-3H3,(H,12,13);3H,1-2H3;/q2*-1;+2. The first-order chi connectivity index (χ1) is 7.49. The molecule has 0 amide bonds. The summed E-state index contributed by atoms with van der Waals surface area (Å²) in [6, 6.07) is 2.00. The number of nitrogens with one attached hydrogen (secondary N) is 1. The van der Waals surface area contributed by atoms with E-state index in [1.165, 1.54) is 0 Å². The molecule has 2 rings (SSSR count). The van der Waals surface area contributed by atoms with Gasteiger partial charge in [0.25, 0.3) is 0 Å². The van der Waals surface area contributed by atoms with E-state index in [-0.39, 0.29) is 26.5 Å². The average Bonchev–Trinajstić information content (AvgIpc) is 2.63. The van der Waals surface area contributed by atoms with Crippen LogP contribution in [0.2, 0.25) is 0 Å². The van der Waals surface area contributed by atoms with E-state index in [1.54, 1.807) is 6.33 Å². The third kappa shape index (κ3) is 4.59. The van der Waals surface area contributed by atoms with E-state index in [4.69, 9.17) is 0 Å². The van der Waals surface area contributed by atoms with Gasteiger partial charge in [-0.3, -0.25) is 0 Å². The summed E-state index contributed by atoms with van der Waals surface area (Å²) in [5, 5.41) is 0. The van der Waals surface area contributed by atoms with Gasteiger partial charge in [-0.1, -0.05) is 32.7 Å². The number of hydrogen-bond acceptors (Lipinski definition) is 2. The van der Waals surface area contributed by atoms with E-state index < -0.39 is 0 Å². The first-order valence-electron chi connectivity index (χ1n) is 5.45. The molecule has 3 nitrogen and oxygen atoms in total. The molecule has 0 aliphatic heterocycles. The van der Waals surface area contributed by atoms with E-state index in [0.29, 0.717) is 0 Å². The fourth-order valence-corrected chi connectivity index (χ4v) is 1.17. The van der Waals surface area contributed by atoms with Gasteiger partial charge in [-0.25, -0.2) is 0 Å². The average molecular weight is 401 g/mol. The number of rotatable bonds is 0. The van der Waals surface area contributed by atoms with Crippen molar-refractivity contribution in [1.82, 2.24) is 15.0 Å². The Balaban J connectivity index is 0.000000583. The Bertz CT molecular complexity index is 443. The summed E-state index contributed by atoms with van der Waals surface area (Å²) in [5.41, 5.74) is 2.88. The number of fused-ring (bicyclic) bond motifs is 1. The minimum absolute atomic E-state index is 0. The van der Waals surface area contributed by atoms with E-state index in [0.717, 1.165) is 16.7 Å². The van der Waals surface area contributed by atoms with E-state index in [1.807, 2.05) is 26.3 Å². The zero-order chi connectivity index (χ0) is 12.2. The van der Waals surface area contributed by atoms with Crippen LogP contribution in [0.1, 0.15) is 40.3 Å². The zero-order valence-electron chi connectivity index (χ0n) is 11.0. The van der Waals surface area contributed by atoms with E-state index in [9.17, 15) is 0 Å². The van der Waals surface area contributed by atoms with Crippen LogP contribution in [0.25, 0.3) is 11.0 Å². The number of nitrogens with zero attached hydrogens (tertiary/aromatic N) is 2. The number of imidazole rings is 1. The minimum Gasteiger partial charge on any atom is -0.388 e. The maximum Gasteiger partial charge on any atom is 2.00 e. The first kappa shape index (κ1) is 16.3. The summed E-state index contributed by atoms with van der Waals surface area (Å²) in [7, 11) is 0. The van der Waals surface area contributed by atoms with Gasteiger partial charge in [-0.15, -0.1) is 6.07 Å². The maximum absolute atomic E-state index is 4.25. The number of H-pyrrole nitrogens is 1. The molecular weight excluding hydrogens is 382 g/mol. The van der Waals surface area contributed by atoms with Gasteiger partial charge in [-0.2, -0.15) is 13.8 Å². The molecule has 0 unspecified atom stereocenters. The van der Waals surface area contributed by atoms with Crippen molar-refractivity contribution < 1.29 is 21.1 Å². The van der Waals surface area contributed by atoms with Crippen molar-refractivity contribution >= 4 is 11.0 Å². The Morgan fingerprint density at radius 3 is 2.41 bits per heavy atom. The van der Waals surface area contributed by atoms with Gasteiger partial charge < -0.3 is 21.4 Å². The largest absolute Gasteiger partial charge is 2.00 e. The van der Waals surface area contributed by atoms with E-state index in [2.05, 4.69) is 41.9 Å². The van der Waals surface area contributed by atoms with Crippen molar-refractivity contribution in [3.05, 3.63) is 30.7 Å². The summed E-state index contributed by atoms with van der Waals surface area (Å²) in [6.45, 7) is 10.4. The van der Waals surface area contributed by atoms with Crippen LogP contribution in [0, 0.1) is 12.6 Å². The monoisotopic (exact) mass is 401 g/mol. The summed E-state index contributed by atoms with van der Waals surface area (Å²) >= 11 is 0. The molecule has 0 spiro atoms. The molecule has 0 saturated heterocycles. The van der Waals surface area contributed by atoms with Gasteiger partial charge in [0.05, 0.1) is 6.33 Å². The van der Waals surface area contributed by atoms with E-state index >= 15 is 0 Å². The number of aromatic amines is 1. The Kier molecular flexibility index (Phi) is 6.62. The second-order valence-corrected chi connectivity index (χ2v) is 4.74. The van der Waals surface area contributed by atoms with Gasteiger partial charge in [0.15, 0.2) is 0 Å². The molecule has 0 aliphatic rings. The number of hydrogen-bond donors (Lipinski definition) is 1. The van der Waals surface area contributed by atoms with Crippen LogP contribution in [-0.4, -0.2) is 15.0 Å². The molecule has 92 valence electrons. The zero-order valence-corrected chi connectivity index (χ0v) is 14.0. The molecular formula is C13H19N3W. The van der Waals surface area contributed by atoms with Crippen molar-refractivity contribution in [2.75, 3.05) is 0 Å². The minimum atomic E-state index is 0. The molecule has 0 atom stereocenters. The molecule has 0 radical (unpaired) electrons. The van der Waals surface area contributed by atoms with Crippen LogP contribution in [-0.2, 0) is 26.5 Å². The summed E-state index contributed by atoms with van der Waals surface area (Å²) in [4.78, 5) is 11.4. The van der Waals surface area contributed by atoms with Gasteiger partial charge >= 0.3 is 21.1 Å². The molecule has 17 heavy (non-hydrogen) atoms. The Labute approximate surface area is 118 Å². The van der Waals surface area contributed by atoms with Crippen LogP contribution < -0.4 is 0 Å². The molecule has 4 heteroatoms. The number of pyridine rings is 1. The Morgan fingerprint density at radius 2 is 1.88 bits per heavy atom. The molecule has 2 aromatic heterocycles. The van der Waals surface area contributed by atoms with Gasteiger partial charge in [0.2, 0.25) is 0 Å². The first-order valence-corrected chi connectivity index (χ1v) is 5.45. The fourth-order valence-electron chi connectivity index (χ4n) is 1.17. The smallest absolute Gasteiger partial charge is 0.388 e. The number of aromatic nitrogens is 3. The SMILES string of the molecule is CC(C)(C)c1cc2nc[nH]c2[c-]n1.C[CH-]C.[W+2]. The summed E-state index contributed by atoms with van der Waals surface area (Å²) in [5.74, 6) is 0. The summed E-state index contributed by atoms with van der Waals surface area (Å²) in [6.07, 6.45) is 6.60. The van der Waals surface area contributed by atoms with Crippen molar-refractivity contribution in [3.63, 3.8) is 0 Å². The predicted molar refractivity (Wildman–Crippen MR) is 67.1 cm³/mol. The van der Waals surface area contributed by atoms with Gasteiger partial charge in [0, 0.05) is 0 Å². The van der Waals surface area contributed by atoms with Crippen LogP contribution in [0.3, 0.4) is 0 Å². The second-order valence-electron chi connectivity index (χ2n) is 4.74. The molecule has 2 heterocycles. The second kappa shape index (κ2) is 6.90. The molecule has 1 N–H and O–H groups in total. The third-order valence-corrected chi connectivity index (χ3v) is 2.00. The molecule has 0 saturated carbocycles. The normalized spacial score (nSPS) is 10.4. The van der Waals surface area contributed by atoms with Gasteiger partial charge in [0.1, 0.15) is 0 Å². The Hall–Kier alpha value is -0.692. The quantitative estimate of drug-likeness (QED) is 0.689.